The summed E-state index contributed by atoms with van der Waals surface area (Å²) in [5.41, 5.74) is 7.14. The van der Waals surface area contributed by atoms with Crippen molar-refractivity contribution < 1.29 is 5.11 Å². The van der Waals surface area contributed by atoms with Gasteiger partial charge in [0.2, 0.25) is 0 Å². The fraction of sp³-hybridized carbons (Fsp3) is 0.158. The first-order valence-electron chi connectivity index (χ1n) is 7.30. The first kappa shape index (κ1) is 15.0. The molecule has 0 saturated heterocycles. The Bertz CT molecular complexity index is 919. The number of aliphatic hydroxyl groups excluding tert-OH is 1. The molecule has 4 rings (SSSR count). The zero-order valence-corrected chi connectivity index (χ0v) is 12.9. The van der Waals surface area contributed by atoms with Crippen molar-refractivity contribution in [2.24, 2.45) is 5.73 Å². The van der Waals surface area contributed by atoms with Crippen molar-refractivity contribution in [2.75, 3.05) is 6.61 Å². The summed E-state index contributed by atoms with van der Waals surface area (Å²) >= 11 is 0. The third-order valence-electron chi connectivity index (χ3n) is 4.34. The Morgan fingerprint density at radius 2 is 1.41 bits per heavy atom. The van der Waals surface area contributed by atoms with E-state index >= 15 is 0 Å². The summed E-state index contributed by atoms with van der Waals surface area (Å²) in [4.78, 5) is 0. The highest BCUT2D eigenvalue weighted by molar-refractivity contribution is 6.23. The molecule has 112 valence electrons. The van der Waals surface area contributed by atoms with Crippen molar-refractivity contribution in [3.05, 3.63) is 60.2 Å². The molecule has 1 unspecified atom stereocenters. The highest BCUT2D eigenvalue weighted by atomic mass is 35.5. The summed E-state index contributed by atoms with van der Waals surface area (Å²) in [5, 5.41) is 16.9. The van der Waals surface area contributed by atoms with Crippen LogP contribution in [0, 0.1) is 0 Å². The molecule has 0 aromatic heterocycles. The Labute approximate surface area is 135 Å². The van der Waals surface area contributed by atoms with Gasteiger partial charge in [0.05, 0.1) is 6.61 Å². The molecule has 2 nitrogen and oxygen atoms in total. The summed E-state index contributed by atoms with van der Waals surface area (Å²) in [7, 11) is 0. The summed E-state index contributed by atoms with van der Waals surface area (Å²) < 4.78 is 0. The van der Waals surface area contributed by atoms with Crippen molar-refractivity contribution in [3.63, 3.8) is 0 Å². The molecule has 0 aliphatic rings. The highest BCUT2D eigenvalue weighted by Crippen LogP contribution is 2.36. The van der Waals surface area contributed by atoms with Gasteiger partial charge in [-0.05, 0) is 44.3 Å². The van der Waals surface area contributed by atoms with E-state index in [0.29, 0.717) is 6.42 Å². The normalized spacial score (nSPS) is 12.8. The average molecular weight is 312 g/mol. The van der Waals surface area contributed by atoms with Gasteiger partial charge < -0.3 is 10.8 Å². The largest absolute Gasteiger partial charge is 0.395 e. The Balaban J connectivity index is 0.00000144. The Hall–Kier alpha value is -1.87. The number of rotatable bonds is 3. The second kappa shape index (κ2) is 5.73. The lowest BCUT2D eigenvalue weighted by Crippen LogP contribution is -2.26. The minimum atomic E-state index is -0.205. The summed E-state index contributed by atoms with van der Waals surface area (Å²) in [6.07, 6.45) is 0.699. The summed E-state index contributed by atoms with van der Waals surface area (Å²) in [6, 6.07) is 19.2. The van der Waals surface area contributed by atoms with Gasteiger partial charge in [-0.3, -0.25) is 0 Å². The third-order valence-corrected chi connectivity index (χ3v) is 4.34. The molecular weight excluding hydrogens is 294 g/mol. The Morgan fingerprint density at radius 3 is 2.09 bits per heavy atom. The van der Waals surface area contributed by atoms with Crippen LogP contribution < -0.4 is 5.73 Å². The zero-order chi connectivity index (χ0) is 14.4. The number of aliphatic hydroxyl groups is 1. The number of hydrogen-bond acceptors (Lipinski definition) is 2. The molecule has 22 heavy (non-hydrogen) atoms. The van der Waals surface area contributed by atoms with Gasteiger partial charge in [-0.15, -0.1) is 12.4 Å². The molecule has 0 heterocycles. The molecule has 0 amide bonds. The van der Waals surface area contributed by atoms with Gasteiger partial charge in [0.25, 0.3) is 0 Å². The Morgan fingerprint density at radius 1 is 0.818 bits per heavy atom. The fourth-order valence-corrected chi connectivity index (χ4v) is 3.32. The van der Waals surface area contributed by atoms with E-state index in [4.69, 9.17) is 5.73 Å². The average Bonchev–Trinajstić information content (AvgIpc) is 2.53. The van der Waals surface area contributed by atoms with Crippen LogP contribution in [0.4, 0.5) is 0 Å². The van der Waals surface area contributed by atoms with Gasteiger partial charge in [-0.25, -0.2) is 0 Å². The van der Waals surface area contributed by atoms with E-state index < -0.39 is 0 Å². The van der Waals surface area contributed by atoms with Crippen LogP contribution in [0.15, 0.2) is 54.6 Å². The molecule has 4 aromatic rings. The van der Waals surface area contributed by atoms with E-state index in [1.165, 1.54) is 37.9 Å². The van der Waals surface area contributed by atoms with E-state index in [0.717, 1.165) is 0 Å². The van der Waals surface area contributed by atoms with Gasteiger partial charge in [-0.1, -0.05) is 54.6 Å². The first-order chi connectivity index (χ1) is 10.3. The van der Waals surface area contributed by atoms with Crippen LogP contribution in [0.3, 0.4) is 0 Å². The molecule has 0 radical (unpaired) electrons. The van der Waals surface area contributed by atoms with Gasteiger partial charge >= 0.3 is 0 Å². The number of benzene rings is 4. The maximum absolute atomic E-state index is 9.21. The van der Waals surface area contributed by atoms with Crippen LogP contribution in [0.5, 0.6) is 0 Å². The first-order valence-corrected chi connectivity index (χ1v) is 7.30. The fourth-order valence-electron chi connectivity index (χ4n) is 3.32. The van der Waals surface area contributed by atoms with Crippen LogP contribution in [0.2, 0.25) is 0 Å². The van der Waals surface area contributed by atoms with Gasteiger partial charge in [0.15, 0.2) is 0 Å². The van der Waals surface area contributed by atoms with E-state index in [2.05, 4.69) is 54.6 Å². The lowest BCUT2D eigenvalue weighted by atomic mass is 9.90. The molecule has 0 fully saturated rings. The number of halogens is 1. The number of nitrogens with two attached hydrogens (primary N) is 1. The van der Waals surface area contributed by atoms with Crippen LogP contribution in [0.1, 0.15) is 5.56 Å². The van der Waals surface area contributed by atoms with E-state index in [9.17, 15) is 5.11 Å². The molecule has 0 aliphatic heterocycles. The van der Waals surface area contributed by atoms with Gasteiger partial charge in [0, 0.05) is 6.04 Å². The molecule has 1 atom stereocenters. The predicted octanol–water partition coefficient (Wildman–Crippen LogP) is 3.87. The predicted molar refractivity (Wildman–Crippen MR) is 96.2 cm³/mol. The summed E-state index contributed by atoms with van der Waals surface area (Å²) in [6.45, 7) is 0.0159. The molecule has 0 spiro atoms. The molecule has 4 aromatic carbocycles. The quantitative estimate of drug-likeness (QED) is 0.564. The van der Waals surface area contributed by atoms with Crippen molar-refractivity contribution >= 4 is 44.7 Å². The van der Waals surface area contributed by atoms with Gasteiger partial charge in [-0.2, -0.15) is 0 Å². The van der Waals surface area contributed by atoms with E-state index in [1.807, 2.05) is 0 Å². The molecular formula is C19H18ClNO. The van der Waals surface area contributed by atoms with Crippen LogP contribution in [0.25, 0.3) is 32.3 Å². The van der Waals surface area contributed by atoms with Crippen molar-refractivity contribution in [3.8, 4) is 0 Å². The SMILES string of the molecule is Cl.NC(CO)Cc1ccc2ccc3cccc4ccc1c2c34. The molecule has 3 N–H and O–H groups in total. The second-order valence-electron chi connectivity index (χ2n) is 5.73. The zero-order valence-electron chi connectivity index (χ0n) is 12.1. The lowest BCUT2D eigenvalue weighted by molar-refractivity contribution is 0.265. The summed E-state index contributed by atoms with van der Waals surface area (Å²) in [5.74, 6) is 0. The topological polar surface area (TPSA) is 46.2 Å². The van der Waals surface area contributed by atoms with E-state index in [-0.39, 0.29) is 25.1 Å². The third kappa shape index (κ3) is 2.20. The minimum absolute atomic E-state index is 0. The maximum atomic E-state index is 9.21. The lowest BCUT2D eigenvalue weighted by Gasteiger charge is -2.15. The highest BCUT2D eigenvalue weighted by Gasteiger charge is 2.12. The van der Waals surface area contributed by atoms with Crippen molar-refractivity contribution in [1.82, 2.24) is 0 Å². The smallest absolute Gasteiger partial charge is 0.0585 e. The number of hydrogen-bond donors (Lipinski definition) is 2. The van der Waals surface area contributed by atoms with E-state index in [1.54, 1.807) is 0 Å². The van der Waals surface area contributed by atoms with Crippen molar-refractivity contribution in [1.29, 1.82) is 0 Å². The molecule has 0 aliphatic carbocycles. The monoisotopic (exact) mass is 311 g/mol. The van der Waals surface area contributed by atoms with Crippen LogP contribution in [-0.4, -0.2) is 17.8 Å². The maximum Gasteiger partial charge on any atom is 0.0585 e. The molecule has 3 heteroatoms. The second-order valence-corrected chi connectivity index (χ2v) is 5.73. The Kier molecular flexibility index (Phi) is 3.92. The minimum Gasteiger partial charge on any atom is -0.395 e. The van der Waals surface area contributed by atoms with Crippen molar-refractivity contribution in [2.45, 2.75) is 12.5 Å². The molecule has 0 saturated carbocycles. The molecule has 0 bridgehead atoms. The van der Waals surface area contributed by atoms with Crippen LogP contribution in [-0.2, 0) is 6.42 Å². The van der Waals surface area contributed by atoms with Crippen LogP contribution >= 0.6 is 12.4 Å². The standard InChI is InChI=1S/C19H17NO.ClH/c20-16(11-21)10-15-7-6-14-5-4-12-2-1-3-13-8-9-17(15)19(14)18(12)13;/h1-9,16,21H,10-11,20H2;1H. The van der Waals surface area contributed by atoms with Gasteiger partial charge in [0.1, 0.15) is 0 Å².